The summed E-state index contributed by atoms with van der Waals surface area (Å²) in [4.78, 5) is 15.0. The average molecular weight is 473 g/mol. The number of nitrogens with one attached hydrogen (secondary N) is 1. The Hall–Kier alpha value is -3.02. The van der Waals surface area contributed by atoms with E-state index in [-0.39, 0.29) is 16.3 Å². The van der Waals surface area contributed by atoms with Crippen molar-refractivity contribution in [1.29, 1.82) is 0 Å². The predicted octanol–water partition coefficient (Wildman–Crippen LogP) is 2.60. The third-order valence-corrected chi connectivity index (χ3v) is 7.99. The van der Waals surface area contributed by atoms with Crippen molar-refractivity contribution >= 4 is 32.8 Å². The van der Waals surface area contributed by atoms with Gasteiger partial charge in [0, 0.05) is 75.6 Å². The molecule has 2 saturated heterocycles. The Morgan fingerprint density at radius 2 is 1.64 bits per heavy atom. The summed E-state index contributed by atoms with van der Waals surface area (Å²) in [6, 6.07) is 13.7. The van der Waals surface area contributed by atoms with Crippen LogP contribution in [0.1, 0.15) is 12.8 Å². The van der Waals surface area contributed by atoms with Gasteiger partial charge >= 0.3 is 0 Å². The molecule has 0 spiro atoms. The van der Waals surface area contributed by atoms with E-state index in [2.05, 4.69) is 20.3 Å². The number of hydrogen-bond donors (Lipinski definition) is 1. The van der Waals surface area contributed by atoms with E-state index in [1.54, 1.807) is 0 Å². The molecule has 0 bridgehead atoms. The number of benzene rings is 2. The van der Waals surface area contributed by atoms with Crippen LogP contribution in [-0.2, 0) is 10.0 Å². The molecule has 0 unspecified atom stereocenters. The largest absolute Gasteiger partial charge is 0.369 e. The van der Waals surface area contributed by atoms with Gasteiger partial charge in [0.25, 0.3) is 5.69 Å². The highest BCUT2D eigenvalue weighted by atomic mass is 32.2. The van der Waals surface area contributed by atoms with Gasteiger partial charge < -0.3 is 9.80 Å². The number of hydrogen-bond acceptors (Lipinski definition) is 8. The highest BCUT2D eigenvalue weighted by molar-refractivity contribution is 7.89. The number of piperidine rings is 1. The van der Waals surface area contributed by atoms with Crippen LogP contribution in [-0.4, -0.2) is 74.6 Å². The maximum absolute atomic E-state index is 13.5. The van der Waals surface area contributed by atoms with Crippen LogP contribution in [0.5, 0.6) is 0 Å². The molecule has 2 aromatic carbocycles. The second-order valence-electron chi connectivity index (χ2n) is 8.26. The van der Waals surface area contributed by atoms with E-state index in [9.17, 15) is 18.5 Å². The minimum absolute atomic E-state index is 0.123. The number of anilines is 2. The van der Waals surface area contributed by atoms with Crippen LogP contribution in [0.25, 0.3) is 0 Å². The number of piperazine rings is 1. The Bertz CT molecular complexity index is 1120. The molecule has 0 aliphatic carbocycles. The standard InChI is InChI=1S/C22H28N6O4S/c1-25-11-9-18(10-12-25)23-24-21-8-7-20(28(29)30)17-22(21)33(31,32)27-15-13-26(14-16-27)19-5-3-2-4-6-19/h2-8,17,24H,9-16H2,1H3. The first kappa shape index (κ1) is 23.1. The average Bonchev–Trinajstić information content (AvgIpc) is 2.84. The Balaban J connectivity index is 1.56. The molecule has 0 atom stereocenters. The molecular formula is C22H28N6O4S. The number of hydrazone groups is 1. The van der Waals surface area contributed by atoms with Crippen LogP contribution >= 0.6 is 0 Å². The molecule has 176 valence electrons. The van der Waals surface area contributed by atoms with Gasteiger partial charge in [-0.15, -0.1) is 0 Å². The molecule has 10 nitrogen and oxygen atoms in total. The van der Waals surface area contributed by atoms with Crippen molar-refractivity contribution in [1.82, 2.24) is 9.21 Å². The Morgan fingerprint density at radius 3 is 2.27 bits per heavy atom. The smallest absolute Gasteiger partial charge is 0.270 e. The van der Waals surface area contributed by atoms with Gasteiger partial charge in [0.05, 0.1) is 10.6 Å². The second kappa shape index (κ2) is 9.86. The van der Waals surface area contributed by atoms with E-state index in [0.717, 1.165) is 43.4 Å². The zero-order valence-electron chi connectivity index (χ0n) is 18.6. The number of nitro groups is 1. The van der Waals surface area contributed by atoms with Crippen molar-refractivity contribution in [3.8, 4) is 0 Å². The van der Waals surface area contributed by atoms with E-state index in [0.29, 0.717) is 26.2 Å². The maximum atomic E-state index is 13.5. The highest BCUT2D eigenvalue weighted by Crippen LogP contribution is 2.30. The van der Waals surface area contributed by atoms with Gasteiger partial charge in [-0.05, 0) is 25.2 Å². The molecule has 4 rings (SSSR count). The first-order chi connectivity index (χ1) is 15.8. The molecule has 2 aromatic rings. The van der Waals surface area contributed by atoms with Crippen LogP contribution in [0.4, 0.5) is 17.1 Å². The SMILES string of the molecule is CN1CCC(=NNc2ccc([N+](=O)[O-])cc2S(=O)(=O)N2CCN(c3ccccc3)CC2)CC1. The zero-order chi connectivity index (χ0) is 23.4. The van der Waals surface area contributed by atoms with Gasteiger partial charge in [-0.1, -0.05) is 18.2 Å². The molecular weight excluding hydrogens is 444 g/mol. The Kier molecular flexibility index (Phi) is 6.91. The van der Waals surface area contributed by atoms with Crippen LogP contribution in [0, 0.1) is 10.1 Å². The predicted molar refractivity (Wildman–Crippen MR) is 128 cm³/mol. The fourth-order valence-corrected chi connectivity index (χ4v) is 5.61. The van der Waals surface area contributed by atoms with Crippen molar-refractivity contribution in [2.75, 3.05) is 56.6 Å². The lowest BCUT2D eigenvalue weighted by atomic mass is 10.1. The fraction of sp³-hybridized carbons (Fsp3) is 0.409. The van der Waals surface area contributed by atoms with Crippen LogP contribution in [0.3, 0.4) is 0 Å². The molecule has 0 aromatic heterocycles. The third-order valence-electron chi connectivity index (χ3n) is 6.05. The van der Waals surface area contributed by atoms with E-state index in [1.165, 1.54) is 16.4 Å². The zero-order valence-corrected chi connectivity index (χ0v) is 19.4. The number of nitro benzene ring substituents is 1. The molecule has 2 aliphatic heterocycles. The molecule has 2 heterocycles. The van der Waals surface area contributed by atoms with Crippen LogP contribution in [0.2, 0.25) is 0 Å². The molecule has 33 heavy (non-hydrogen) atoms. The molecule has 2 aliphatic rings. The summed E-state index contributed by atoms with van der Waals surface area (Å²) >= 11 is 0. The quantitative estimate of drug-likeness (QED) is 0.508. The number of nitrogens with zero attached hydrogens (tertiary/aromatic N) is 5. The second-order valence-corrected chi connectivity index (χ2v) is 10.2. The Morgan fingerprint density at radius 1 is 0.970 bits per heavy atom. The first-order valence-electron chi connectivity index (χ1n) is 10.9. The minimum atomic E-state index is -3.95. The lowest BCUT2D eigenvalue weighted by molar-refractivity contribution is -0.385. The van der Waals surface area contributed by atoms with E-state index >= 15 is 0 Å². The lowest BCUT2D eigenvalue weighted by Crippen LogP contribution is -2.48. The number of sulfonamides is 1. The van der Waals surface area contributed by atoms with Gasteiger partial charge in [-0.2, -0.15) is 9.41 Å². The molecule has 1 N–H and O–H groups in total. The van der Waals surface area contributed by atoms with Crippen molar-refractivity contribution in [3.63, 3.8) is 0 Å². The lowest BCUT2D eigenvalue weighted by Gasteiger charge is -2.35. The fourth-order valence-electron chi connectivity index (χ4n) is 4.02. The summed E-state index contributed by atoms with van der Waals surface area (Å²) in [5.74, 6) is 0. The minimum Gasteiger partial charge on any atom is -0.369 e. The van der Waals surface area contributed by atoms with Crippen molar-refractivity contribution in [2.24, 2.45) is 5.10 Å². The van der Waals surface area contributed by atoms with Gasteiger partial charge in [0.2, 0.25) is 10.0 Å². The van der Waals surface area contributed by atoms with Gasteiger partial charge in [0.1, 0.15) is 4.90 Å². The van der Waals surface area contributed by atoms with Crippen molar-refractivity contribution < 1.29 is 13.3 Å². The van der Waals surface area contributed by atoms with E-state index in [4.69, 9.17) is 0 Å². The third kappa shape index (κ3) is 5.32. The summed E-state index contributed by atoms with van der Waals surface area (Å²) in [6.45, 7) is 3.43. The molecule has 0 radical (unpaired) electrons. The van der Waals surface area contributed by atoms with Crippen LogP contribution < -0.4 is 10.3 Å². The molecule has 11 heteroatoms. The number of rotatable bonds is 6. The summed E-state index contributed by atoms with van der Waals surface area (Å²) < 4.78 is 28.4. The van der Waals surface area contributed by atoms with Crippen molar-refractivity contribution in [3.05, 3.63) is 58.6 Å². The summed E-state index contributed by atoms with van der Waals surface area (Å²) in [5.41, 5.74) is 4.85. The Labute approximate surface area is 193 Å². The van der Waals surface area contributed by atoms with Crippen LogP contribution in [0.15, 0.2) is 58.5 Å². The van der Waals surface area contributed by atoms with E-state index in [1.807, 2.05) is 37.4 Å². The number of para-hydroxylation sites is 1. The van der Waals surface area contributed by atoms with Gasteiger partial charge in [-0.25, -0.2) is 8.42 Å². The molecule has 0 saturated carbocycles. The monoisotopic (exact) mass is 472 g/mol. The van der Waals surface area contributed by atoms with Gasteiger partial charge in [-0.3, -0.25) is 15.5 Å². The van der Waals surface area contributed by atoms with Crippen molar-refractivity contribution in [2.45, 2.75) is 17.7 Å². The normalized spacial score (nSPS) is 18.2. The molecule has 2 fully saturated rings. The summed E-state index contributed by atoms with van der Waals surface area (Å²) in [6.07, 6.45) is 1.58. The molecule has 0 amide bonds. The summed E-state index contributed by atoms with van der Waals surface area (Å²) in [5, 5.41) is 15.8. The highest BCUT2D eigenvalue weighted by Gasteiger charge is 2.32. The first-order valence-corrected chi connectivity index (χ1v) is 12.4. The van der Waals surface area contributed by atoms with E-state index < -0.39 is 14.9 Å². The van der Waals surface area contributed by atoms with Gasteiger partial charge in [0.15, 0.2) is 0 Å². The summed E-state index contributed by atoms with van der Waals surface area (Å²) in [7, 11) is -1.91. The number of likely N-dealkylation sites (tertiary alicyclic amines) is 1. The maximum Gasteiger partial charge on any atom is 0.270 e. The topological polar surface area (TPSA) is 111 Å². The number of non-ortho nitro benzene ring substituents is 1.